The van der Waals surface area contributed by atoms with Crippen molar-refractivity contribution in [2.24, 2.45) is 0 Å². The number of carbonyl (C=O) groups is 3. The Kier molecular flexibility index (Phi) is 67.6. The molecule has 474 valence electrons. The molecule has 0 bridgehead atoms. The summed E-state index contributed by atoms with van der Waals surface area (Å²) < 4.78 is 17.0. The quantitative estimate of drug-likeness (QED) is 0.0261. The van der Waals surface area contributed by atoms with Crippen molar-refractivity contribution in [1.82, 2.24) is 0 Å². The van der Waals surface area contributed by atoms with E-state index < -0.39 is 6.10 Å². The van der Waals surface area contributed by atoms with Crippen LogP contribution >= 0.6 is 0 Å². The first kappa shape index (κ1) is 78.4. The van der Waals surface area contributed by atoms with Gasteiger partial charge in [-0.3, -0.25) is 14.4 Å². The molecule has 0 radical (unpaired) electrons. The van der Waals surface area contributed by atoms with E-state index in [-0.39, 0.29) is 31.1 Å². The number of allylic oxidation sites excluding steroid dienone is 8. The van der Waals surface area contributed by atoms with Crippen LogP contribution in [0.1, 0.15) is 393 Å². The van der Waals surface area contributed by atoms with Crippen LogP contribution in [0.3, 0.4) is 0 Å². The fourth-order valence-corrected chi connectivity index (χ4v) is 10.8. The molecule has 0 N–H and O–H groups in total. The van der Waals surface area contributed by atoms with Gasteiger partial charge in [-0.1, -0.05) is 320 Å². The average molecular weight is 1140 g/mol. The molecule has 0 heterocycles. The summed E-state index contributed by atoms with van der Waals surface area (Å²) in [5.74, 6) is -0.858. The first-order valence-corrected chi connectivity index (χ1v) is 36.1. The molecular weight excluding hydrogens is 997 g/mol. The highest BCUT2D eigenvalue weighted by Gasteiger charge is 2.19. The number of carbonyl (C=O) groups excluding carboxylic acids is 3. The zero-order valence-electron chi connectivity index (χ0n) is 54.6. The van der Waals surface area contributed by atoms with Gasteiger partial charge in [0.15, 0.2) is 6.10 Å². The molecule has 0 amide bonds. The van der Waals surface area contributed by atoms with Crippen LogP contribution in [0.4, 0.5) is 0 Å². The number of hydrogen-bond donors (Lipinski definition) is 0. The second-order valence-corrected chi connectivity index (χ2v) is 24.5. The number of unbranched alkanes of at least 4 members (excludes halogenated alkanes) is 48. The Balaban J connectivity index is 4.29. The highest BCUT2D eigenvalue weighted by Crippen LogP contribution is 2.18. The highest BCUT2D eigenvalue weighted by atomic mass is 16.6. The average Bonchev–Trinajstić information content (AvgIpc) is 3.47. The maximum atomic E-state index is 13.0. The summed E-state index contributed by atoms with van der Waals surface area (Å²) in [6, 6.07) is 0. The Labute approximate surface area is 505 Å². The smallest absolute Gasteiger partial charge is 0.306 e. The lowest BCUT2D eigenvalue weighted by Gasteiger charge is -2.18. The number of esters is 3. The molecule has 0 aliphatic rings. The van der Waals surface area contributed by atoms with Crippen LogP contribution in [0, 0.1) is 0 Å². The zero-order valence-corrected chi connectivity index (χ0v) is 54.6. The van der Waals surface area contributed by atoms with Gasteiger partial charge in [0.25, 0.3) is 0 Å². The van der Waals surface area contributed by atoms with Gasteiger partial charge in [0, 0.05) is 19.3 Å². The van der Waals surface area contributed by atoms with Crippen molar-refractivity contribution in [3.8, 4) is 0 Å². The molecule has 6 heteroatoms. The van der Waals surface area contributed by atoms with Gasteiger partial charge in [0.05, 0.1) is 0 Å². The third-order valence-corrected chi connectivity index (χ3v) is 16.3. The maximum Gasteiger partial charge on any atom is 0.306 e. The van der Waals surface area contributed by atoms with Gasteiger partial charge in [0.2, 0.25) is 0 Å². The Bertz CT molecular complexity index is 1400. The number of rotatable bonds is 67. The minimum atomic E-state index is -0.778. The lowest BCUT2D eigenvalue weighted by Crippen LogP contribution is -2.30. The Morgan fingerprint density at radius 3 is 0.691 bits per heavy atom. The molecule has 0 aromatic heterocycles. The van der Waals surface area contributed by atoms with Crippen LogP contribution in [0.2, 0.25) is 0 Å². The summed E-state index contributed by atoms with van der Waals surface area (Å²) in [6.07, 6.45) is 88.5. The third-order valence-electron chi connectivity index (χ3n) is 16.3. The summed E-state index contributed by atoms with van der Waals surface area (Å²) >= 11 is 0. The molecule has 81 heavy (non-hydrogen) atoms. The summed E-state index contributed by atoms with van der Waals surface area (Å²) in [4.78, 5) is 38.5. The highest BCUT2D eigenvalue weighted by molar-refractivity contribution is 5.71. The van der Waals surface area contributed by atoms with E-state index in [1.54, 1.807) is 0 Å². The van der Waals surface area contributed by atoms with E-state index in [0.717, 1.165) is 70.6 Å². The van der Waals surface area contributed by atoms with Gasteiger partial charge in [-0.05, 0) is 103 Å². The fraction of sp³-hybridized carbons (Fsp3) is 0.853. The van der Waals surface area contributed by atoms with Gasteiger partial charge in [0.1, 0.15) is 13.2 Å². The molecule has 6 nitrogen and oxygen atoms in total. The van der Waals surface area contributed by atoms with E-state index >= 15 is 0 Å². The molecule has 0 aromatic rings. The van der Waals surface area contributed by atoms with E-state index in [1.165, 1.54) is 283 Å². The number of ether oxygens (including phenoxy) is 3. The van der Waals surface area contributed by atoms with Gasteiger partial charge in [-0.15, -0.1) is 0 Å². The monoisotopic (exact) mass is 1140 g/mol. The second kappa shape index (κ2) is 69.9. The van der Waals surface area contributed by atoms with E-state index in [1.807, 2.05) is 0 Å². The molecule has 0 saturated carbocycles. The molecule has 1 unspecified atom stereocenters. The first-order chi connectivity index (χ1) is 40.0. The lowest BCUT2D eigenvalue weighted by molar-refractivity contribution is -0.167. The zero-order chi connectivity index (χ0) is 58.5. The molecule has 0 spiro atoms. The third kappa shape index (κ3) is 68.0. The van der Waals surface area contributed by atoms with Gasteiger partial charge < -0.3 is 14.2 Å². The molecule has 0 aromatic carbocycles. The van der Waals surface area contributed by atoms with Crippen molar-refractivity contribution in [3.63, 3.8) is 0 Å². The summed E-state index contributed by atoms with van der Waals surface area (Å²) in [5, 5.41) is 0. The van der Waals surface area contributed by atoms with Gasteiger partial charge in [-0.25, -0.2) is 0 Å². The van der Waals surface area contributed by atoms with Crippen LogP contribution in [0.25, 0.3) is 0 Å². The van der Waals surface area contributed by atoms with Crippen molar-refractivity contribution in [1.29, 1.82) is 0 Å². The fourth-order valence-electron chi connectivity index (χ4n) is 10.8. The van der Waals surface area contributed by atoms with E-state index in [9.17, 15) is 14.4 Å². The Morgan fingerprint density at radius 1 is 0.247 bits per heavy atom. The largest absolute Gasteiger partial charge is 0.462 e. The van der Waals surface area contributed by atoms with Crippen LogP contribution in [0.15, 0.2) is 48.6 Å². The number of hydrogen-bond acceptors (Lipinski definition) is 6. The van der Waals surface area contributed by atoms with Crippen LogP contribution in [-0.4, -0.2) is 37.2 Å². The van der Waals surface area contributed by atoms with Crippen molar-refractivity contribution in [2.75, 3.05) is 13.2 Å². The molecule has 0 fully saturated rings. The van der Waals surface area contributed by atoms with Crippen molar-refractivity contribution >= 4 is 17.9 Å². The molecule has 0 aliphatic heterocycles. The first-order valence-electron chi connectivity index (χ1n) is 36.1. The summed E-state index contributed by atoms with van der Waals surface area (Å²) in [5.41, 5.74) is 0. The van der Waals surface area contributed by atoms with Gasteiger partial charge in [-0.2, -0.15) is 0 Å². The van der Waals surface area contributed by atoms with Gasteiger partial charge >= 0.3 is 17.9 Å². The molecule has 1 atom stereocenters. The lowest BCUT2D eigenvalue weighted by atomic mass is 10.0. The molecule has 0 aliphatic carbocycles. The Hall–Kier alpha value is -2.63. The topological polar surface area (TPSA) is 78.9 Å². The standard InChI is InChI=1S/C75H138O6/c1-4-7-10-13-16-19-22-25-28-30-32-34-36-37-39-40-42-44-47-50-53-56-59-62-65-68-74(77)80-71-72(70-79-73(76)67-64-61-58-55-52-49-46-27-24-21-18-15-12-9-6-3)81-75(78)69-66-63-60-57-54-51-48-45-43-41-38-35-33-31-29-26-23-20-17-14-11-8-5-2/h23,26-27,30-33,46,72H,4-22,24-25,28-29,34-45,47-71H2,1-3H3/b26-23-,32-30-,33-31-,46-27-. The molecule has 0 saturated heterocycles. The summed E-state index contributed by atoms with van der Waals surface area (Å²) in [6.45, 7) is 6.68. The minimum Gasteiger partial charge on any atom is -0.462 e. The van der Waals surface area contributed by atoms with Crippen LogP contribution < -0.4 is 0 Å². The van der Waals surface area contributed by atoms with Crippen molar-refractivity contribution in [2.45, 2.75) is 399 Å². The maximum absolute atomic E-state index is 13.0. The molecular formula is C75H138O6. The predicted octanol–water partition coefficient (Wildman–Crippen LogP) is 24.9. The van der Waals surface area contributed by atoms with Crippen molar-refractivity contribution in [3.05, 3.63) is 48.6 Å². The predicted molar refractivity (Wildman–Crippen MR) is 353 cm³/mol. The van der Waals surface area contributed by atoms with E-state index in [4.69, 9.17) is 14.2 Å². The molecule has 0 rings (SSSR count). The van der Waals surface area contributed by atoms with Crippen molar-refractivity contribution < 1.29 is 28.6 Å². The van der Waals surface area contributed by atoms with E-state index in [2.05, 4.69) is 69.4 Å². The van der Waals surface area contributed by atoms with Crippen LogP contribution in [0.5, 0.6) is 0 Å². The Morgan fingerprint density at radius 2 is 0.444 bits per heavy atom. The summed E-state index contributed by atoms with van der Waals surface area (Å²) in [7, 11) is 0. The van der Waals surface area contributed by atoms with E-state index in [0.29, 0.717) is 19.3 Å². The normalized spacial score (nSPS) is 12.3. The second-order valence-electron chi connectivity index (χ2n) is 24.5. The SMILES string of the molecule is CCCCCCC/C=C\C/C=C\CCCCCCCCCCCCCC(=O)OC(COC(=O)CCCCCCC/C=C\CCCCCCCC)COC(=O)CCCCCCCCCCCCCCC/C=C\CCCCCCCCCC. The minimum absolute atomic E-state index is 0.0731. The van der Waals surface area contributed by atoms with Crippen LogP contribution in [-0.2, 0) is 28.6 Å².